The van der Waals surface area contributed by atoms with Crippen molar-refractivity contribution in [3.8, 4) is 17.1 Å². The first-order chi connectivity index (χ1) is 14.6. The van der Waals surface area contributed by atoms with Gasteiger partial charge in [-0.3, -0.25) is 4.79 Å². The molecule has 8 heteroatoms. The molecule has 0 spiro atoms. The number of nitrogens with zero attached hydrogens (tertiary/aromatic N) is 2. The number of aryl methyl sites for hydroxylation is 1. The molecular weight excluding hydrogens is 400 g/mol. The Morgan fingerprint density at radius 2 is 2.07 bits per heavy atom. The van der Waals surface area contributed by atoms with Crippen molar-refractivity contribution in [2.75, 3.05) is 36.5 Å². The number of carbonyl (C=O) groups is 1. The van der Waals surface area contributed by atoms with Gasteiger partial charge < -0.3 is 19.9 Å². The number of rotatable bonds is 4. The molecule has 4 rings (SSSR count). The molecule has 1 aliphatic rings. The summed E-state index contributed by atoms with van der Waals surface area (Å²) in [6.45, 7) is 5.77. The van der Waals surface area contributed by atoms with E-state index in [1.807, 2.05) is 42.6 Å². The number of H-pyrrole nitrogens is 1. The third-order valence-electron chi connectivity index (χ3n) is 5.02. The van der Waals surface area contributed by atoms with Gasteiger partial charge in [-0.15, -0.1) is 0 Å². The molecule has 2 amide bonds. The maximum absolute atomic E-state index is 12.6. The summed E-state index contributed by atoms with van der Waals surface area (Å²) in [5.41, 5.74) is 2.63. The van der Waals surface area contributed by atoms with E-state index in [4.69, 9.17) is 9.72 Å². The van der Waals surface area contributed by atoms with Gasteiger partial charge in [-0.05, 0) is 43.7 Å². The topological polar surface area (TPSA) is 87.3 Å². The second kappa shape index (κ2) is 8.79. The van der Waals surface area contributed by atoms with E-state index in [-0.39, 0.29) is 11.6 Å². The molecule has 0 saturated carbocycles. The van der Waals surface area contributed by atoms with Crippen molar-refractivity contribution < 1.29 is 9.53 Å². The van der Waals surface area contributed by atoms with Crippen molar-refractivity contribution in [3.05, 3.63) is 52.3 Å². The van der Waals surface area contributed by atoms with Crippen LogP contribution in [0, 0.1) is 6.92 Å². The summed E-state index contributed by atoms with van der Waals surface area (Å²) in [6, 6.07) is 10.8. The SMILES string of the molecule is CCOc1ccc(NC(=O)N2CCSCC2)cc1-c1nc2c(C)cccc2c(=O)[nH]1. The van der Waals surface area contributed by atoms with E-state index in [0.717, 1.165) is 30.2 Å². The first-order valence-electron chi connectivity index (χ1n) is 9.97. The summed E-state index contributed by atoms with van der Waals surface area (Å²) >= 11 is 1.85. The molecule has 1 fully saturated rings. The van der Waals surface area contributed by atoms with E-state index in [1.165, 1.54) is 0 Å². The van der Waals surface area contributed by atoms with Gasteiger partial charge in [0.2, 0.25) is 0 Å². The van der Waals surface area contributed by atoms with E-state index in [1.54, 1.807) is 24.3 Å². The van der Waals surface area contributed by atoms with Crippen LogP contribution in [0.4, 0.5) is 10.5 Å². The van der Waals surface area contributed by atoms with Crippen LogP contribution < -0.4 is 15.6 Å². The Hall–Kier alpha value is -3.00. The second-order valence-corrected chi connectivity index (χ2v) is 8.28. The van der Waals surface area contributed by atoms with Gasteiger partial charge >= 0.3 is 6.03 Å². The summed E-state index contributed by atoms with van der Waals surface area (Å²) in [5, 5.41) is 3.50. The van der Waals surface area contributed by atoms with Crippen molar-refractivity contribution in [1.82, 2.24) is 14.9 Å². The summed E-state index contributed by atoms with van der Waals surface area (Å²) in [7, 11) is 0. The third kappa shape index (κ3) is 4.14. The molecule has 2 heterocycles. The number of benzene rings is 2. The number of aromatic amines is 1. The van der Waals surface area contributed by atoms with Gasteiger partial charge in [0.15, 0.2) is 0 Å². The average Bonchev–Trinajstić information content (AvgIpc) is 2.76. The van der Waals surface area contributed by atoms with Crippen molar-refractivity contribution in [3.63, 3.8) is 0 Å². The van der Waals surface area contributed by atoms with E-state index < -0.39 is 0 Å². The lowest BCUT2D eigenvalue weighted by atomic mass is 10.1. The summed E-state index contributed by atoms with van der Waals surface area (Å²) in [6.07, 6.45) is 0. The second-order valence-electron chi connectivity index (χ2n) is 7.06. The third-order valence-corrected chi connectivity index (χ3v) is 5.96. The molecule has 2 aromatic carbocycles. The molecule has 1 aromatic heterocycles. The van der Waals surface area contributed by atoms with Crippen LogP contribution in [0.25, 0.3) is 22.3 Å². The lowest BCUT2D eigenvalue weighted by Gasteiger charge is -2.26. The molecule has 1 saturated heterocycles. The predicted octanol–water partition coefficient (Wildman–Crippen LogP) is 3.88. The van der Waals surface area contributed by atoms with Crippen LogP contribution in [0.2, 0.25) is 0 Å². The normalized spacial score (nSPS) is 14.0. The average molecular weight is 425 g/mol. The van der Waals surface area contributed by atoms with E-state index >= 15 is 0 Å². The molecule has 0 bridgehead atoms. The Kier molecular flexibility index (Phi) is 5.94. The molecule has 3 aromatic rings. The van der Waals surface area contributed by atoms with Gasteiger partial charge in [-0.2, -0.15) is 11.8 Å². The number of carbonyl (C=O) groups excluding carboxylic acids is 1. The fourth-order valence-electron chi connectivity index (χ4n) is 3.48. The van der Waals surface area contributed by atoms with Gasteiger partial charge in [0.25, 0.3) is 5.56 Å². The first kappa shape index (κ1) is 20.3. The highest BCUT2D eigenvalue weighted by Crippen LogP contribution is 2.31. The van der Waals surface area contributed by atoms with Crippen LogP contribution in [0.3, 0.4) is 0 Å². The minimum atomic E-state index is -0.207. The Bertz CT molecular complexity index is 1140. The lowest BCUT2D eigenvalue weighted by molar-refractivity contribution is 0.217. The molecule has 1 aliphatic heterocycles. The van der Waals surface area contributed by atoms with Crippen LogP contribution in [0.15, 0.2) is 41.2 Å². The highest BCUT2D eigenvalue weighted by atomic mass is 32.2. The smallest absolute Gasteiger partial charge is 0.321 e. The van der Waals surface area contributed by atoms with Crippen LogP contribution in [-0.2, 0) is 0 Å². The monoisotopic (exact) mass is 424 g/mol. The maximum Gasteiger partial charge on any atom is 0.321 e. The number of anilines is 1. The summed E-state index contributed by atoms with van der Waals surface area (Å²) < 4.78 is 5.76. The number of amides is 2. The minimum Gasteiger partial charge on any atom is -0.493 e. The fraction of sp³-hybridized carbons (Fsp3) is 0.318. The highest BCUT2D eigenvalue weighted by Gasteiger charge is 2.18. The molecule has 30 heavy (non-hydrogen) atoms. The van der Waals surface area contributed by atoms with E-state index in [2.05, 4.69) is 10.3 Å². The number of hydrogen-bond acceptors (Lipinski definition) is 5. The molecular formula is C22H24N4O3S. The van der Waals surface area contributed by atoms with Crippen molar-refractivity contribution in [2.24, 2.45) is 0 Å². The Balaban J connectivity index is 1.73. The molecule has 0 unspecified atom stereocenters. The van der Waals surface area contributed by atoms with Crippen molar-refractivity contribution in [1.29, 1.82) is 0 Å². The van der Waals surface area contributed by atoms with E-state index in [0.29, 0.717) is 40.3 Å². The number of ether oxygens (including phenoxy) is 1. The molecule has 7 nitrogen and oxygen atoms in total. The zero-order valence-corrected chi connectivity index (χ0v) is 17.8. The van der Waals surface area contributed by atoms with Gasteiger partial charge in [0, 0.05) is 30.3 Å². The maximum atomic E-state index is 12.6. The predicted molar refractivity (Wildman–Crippen MR) is 122 cm³/mol. The van der Waals surface area contributed by atoms with Crippen LogP contribution in [0.1, 0.15) is 12.5 Å². The molecule has 2 N–H and O–H groups in total. The first-order valence-corrected chi connectivity index (χ1v) is 11.1. The molecule has 0 radical (unpaired) electrons. The highest BCUT2D eigenvalue weighted by molar-refractivity contribution is 7.99. The van der Waals surface area contributed by atoms with Gasteiger partial charge in [-0.25, -0.2) is 9.78 Å². The number of urea groups is 1. The lowest BCUT2D eigenvalue weighted by Crippen LogP contribution is -2.40. The van der Waals surface area contributed by atoms with Gasteiger partial charge in [0.05, 0.1) is 23.1 Å². The standard InChI is InChI=1S/C22H24N4O3S/c1-3-29-18-8-7-15(23-22(28)26-9-11-30-12-10-26)13-17(18)20-24-19-14(2)5-4-6-16(19)21(27)25-20/h4-8,13H,3,9-12H2,1-2H3,(H,23,28)(H,24,25,27). The molecule has 156 valence electrons. The zero-order valence-electron chi connectivity index (χ0n) is 17.0. The summed E-state index contributed by atoms with van der Waals surface area (Å²) in [5.74, 6) is 2.91. The van der Waals surface area contributed by atoms with Crippen molar-refractivity contribution in [2.45, 2.75) is 13.8 Å². The minimum absolute atomic E-state index is 0.124. The Morgan fingerprint density at radius 3 is 2.83 bits per heavy atom. The molecule has 0 atom stereocenters. The van der Waals surface area contributed by atoms with Crippen LogP contribution in [-0.4, -0.2) is 52.1 Å². The van der Waals surface area contributed by atoms with Gasteiger partial charge in [-0.1, -0.05) is 12.1 Å². The Labute approximate surface area is 178 Å². The largest absolute Gasteiger partial charge is 0.493 e. The number of thioether (sulfide) groups is 1. The molecule has 0 aliphatic carbocycles. The number of fused-ring (bicyclic) bond motifs is 1. The number of hydrogen-bond donors (Lipinski definition) is 2. The van der Waals surface area contributed by atoms with Crippen LogP contribution >= 0.6 is 11.8 Å². The van der Waals surface area contributed by atoms with Crippen LogP contribution in [0.5, 0.6) is 5.75 Å². The number of para-hydroxylation sites is 1. The number of nitrogens with one attached hydrogen (secondary N) is 2. The number of aromatic nitrogens is 2. The Morgan fingerprint density at radius 1 is 1.27 bits per heavy atom. The quantitative estimate of drug-likeness (QED) is 0.664. The summed E-state index contributed by atoms with van der Waals surface area (Å²) in [4.78, 5) is 34.6. The van der Waals surface area contributed by atoms with E-state index in [9.17, 15) is 9.59 Å². The fourth-order valence-corrected chi connectivity index (χ4v) is 4.38. The zero-order chi connectivity index (χ0) is 21.1. The van der Waals surface area contributed by atoms with Crippen molar-refractivity contribution >= 4 is 34.4 Å². The van der Waals surface area contributed by atoms with Gasteiger partial charge in [0.1, 0.15) is 11.6 Å².